The van der Waals surface area contributed by atoms with Crippen LogP contribution in [0.2, 0.25) is 0 Å². The van der Waals surface area contributed by atoms with Crippen LogP contribution in [0.4, 0.5) is 0 Å². The van der Waals surface area contributed by atoms with E-state index in [0.717, 1.165) is 25.8 Å². The fraction of sp³-hybridized carbons (Fsp3) is 0.588. The molecule has 3 nitrogen and oxygen atoms in total. The number of hydrogen-bond donors (Lipinski definition) is 1. The predicted molar refractivity (Wildman–Crippen MR) is 82.4 cm³/mol. The molecule has 1 saturated heterocycles. The van der Waals surface area contributed by atoms with Gasteiger partial charge >= 0.3 is 0 Å². The van der Waals surface area contributed by atoms with Crippen molar-refractivity contribution in [1.29, 1.82) is 0 Å². The van der Waals surface area contributed by atoms with E-state index in [-0.39, 0.29) is 17.5 Å². The maximum atomic E-state index is 13.0. The summed E-state index contributed by atoms with van der Waals surface area (Å²) in [6, 6.07) is 10.5. The third-order valence-electron chi connectivity index (χ3n) is 4.34. The molecule has 1 N–H and O–H groups in total. The van der Waals surface area contributed by atoms with Gasteiger partial charge in [-0.2, -0.15) is 0 Å². The van der Waals surface area contributed by atoms with Gasteiger partial charge < -0.3 is 10.2 Å². The quantitative estimate of drug-likeness (QED) is 0.895. The van der Waals surface area contributed by atoms with Gasteiger partial charge in [-0.3, -0.25) is 4.79 Å². The van der Waals surface area contributed by atoms with Crippen molar-refractivity contribution >= 4 is 5.91 Å². The van der Waals surface area contributed by atoms with E-state index < -0.39 is 0 Å². The predicted octanol–water partition coefficient (Wildman–Crippen LogP) is 2.96. The summed E-state index contributed by atoms with van der Waals surface area (Å²) in [7, 11) is 0. The molecule has 2 rings (SSSR count). The average molecular weight is 274 g/mol. The zero-order valence-electron chi connectivity index (χ0n) is 12.9. The van der Waals surface area contributed by atoms with Crippen LogP contribution in [-0.4, -0.2) is 28.9 Å². The van der Waals surface area contributed by atoms with Crippen molar-refractivity contribution < 1.29 is 4.79 Å². The molecule has 3 heteroatoms. The third kappa shape index (κ3) is 3.04. The average Bonchev–Trinajstić information content (AvgIpc) is 2.95. The van der Waals surface area contributed by atoms with Gasteiger partial charge in [0.15, 0.2) is 0 Å². The van der Waals surface area contributed by atoms with Gasteiger partial charge in [0.2, 0.25) is 5.91 Å². The highest BCUT2D eigenvalue weighted by molar-refractivity contribution is 5.87. The van der Waals surface area contributed by atoms with Crippen LogP contribution < -0.4 is 5.32 Å². The first-order chi connectivity index (χ1) is 9.59. The number of nitrogens with one attached hydrogen (secondary N) is 1. The van der Waals surface area contributed by atoms with Crippen LogP contribution in [0.15, 0.2) is 30.3 Å². The van der Waals surface area contributed by atoms with Crippen molar-refractivity contribution in [3.63, 3.8) is 0 Å². The summed E-state index contributed by atoms with van der Waals surface area (Å²) < 4.78 is 0. The molecule has 1 fully saturated rings. The van der Waals surface area contributed by atoms with Crippen LogP contribution in [0.5, 0.6) is 0 Å². The molecule has 0 spiro atoms. The highest BCUT2D eigenvalue weighted by Crippen LogP contribution is 2.27. The molecule has 0 aliphatic carbocycles. The molecular weight excluding hydrogens is 248 g/mol. The van der Waals surface area contributed by atoms with Crippen LogP contribution in [-0.2, 0) is 11.3 Å². The Kier molecular flexibility index (Phi) is 4.81. The van der Waals surface area contributed by atoms with E-state index in [1.54, 1.807) is 0 Å². The Balaban J connectivity index is 2.18. The summed E-state index contributed by atoms with van der Waals surface area (Å²) >= 11 is 0. The van der Waals surface area contributed by atoms with Gasteiger partial charge in [0.05, 0.1) is 5.54 Å². The largest absolute Gasteiger partial charge is 0.334 e. The van der Waals surface area contributed by atoms with E-state index in [4.69, 9.17) is 0 Å². The number of nitrogens with zero attached hydrogens (tertiary/aromatic N) is 1. The minimum Gasteiger partial charge on any atom is -0.334 e. The number of carbonyl (C=O) groups excluding carboxylic acids is 1. The summed E-state index contributed by atoms with van der Waals surface area (Å²) in [5.41, 5.74) is 0.859. The molecule has 1 aromatic carbocycles. The number of hydrogen-bond acceptors (Lipinski definition) is 2. The molecule has 0 saturated carbocycles. The lowest BCUT2D eigenvalue weighted by molar-refractivity contribution is -0.140. The molecule has 1 aliphatic heterocycles. The van der Waals surface area contributed by atoms with Crippen LogP contribution in [0.3, 0.4) is 0 Å². The minimum absolute atomic E-state index is 0.216. The number of benzene rings is 1. The Labute approximate surface area is 122 Å². The monoisotopic (exact) mass is 274 g/mol. The fourth-order valence-corrected chi connectivity index (χ4v) is 2.99. The summed E-state index contributed by atoms with van der Waals surface area (Å²) in [5.74, 6) is 0.261. The Morgan fingerprint density at radius 3 is 2.55 bits per heavy atom. The Morgan fingerprint density at radius 1 is 1.35 bits per heavy atom. The Bertz CT molecular complexity index is 436. The second-order valence-electron chi connectivity index (χ2n) is 5.98. The summed E-state index contributed by atoms with van der Waals surface area (Å²) in [6.45, 7) is 7.95. The van der Waals surface area contributed by atoms with Crippen molar-refractivity contribution in [1.82, 2.24) is 10.2 Å². The van der Waals surface area contributed by atoms with Crippen molar-refractivity contribution in [3.05, 3.63) is 35.9 Å². The molecule has 0 radical (unpaired) electrons. The highest BCUT2D eigenvalue weighted by atomic mass is 16.2. The number of carbonyl (C=O) groups is 1. The van der Waals surface area contributed by atoms with Crippen molar-refractivity contribution in [2.75, 3.05) is 6.54 Å². The first kappa shape index (κ1) is 15.0. The number of amides is 1. The van der Waals surface area contributed by atoms with E-state index >= 15 is 0 Å². The van der Waals surface area contributed by atoms with Crippen LogP contribution in [0.25, 0.3) is 0 Å². The molecule has 110 valence electrons. The number of rotatable bonds is 5. The molecule has 1 atom stereocenters. The van der Waals surface area contributed by atoms with E-state index in [1.807, 2.05) is 23.1 Å². The van der Waals surface area contributed by atoms with Crippen LogP contribution >= 0.6 is 0 Å². The van der Waals surface area contributed by atoms with Crippen molar-refractivity contribution in [3.8, 4) is 0 Å². The molecule has 1 heterocycles. The van der Waals surface area contributed by atoms with Gasteiger partial charge in [-0.25, -0.2) is 0 Å². The smallest absolute Gasteiger partial charge is 0.243 e. The van der Waals surface area contributed by atoms with Gasteiger partial charge in [0.25, 0.3) is 0 Å². The maximum absolute atomic E-state index is 13.0. The zero-order valence-corrected chi connectivity index (χ0v) is 12.9. The van der Waals surface area contributed by atoms with Crippen LogP contribution in [0.1, 0.15) is 45.6 Å². The topological polar surface area (TPSA) is 32.3 Å². The minimum atomic E-state index is -0.334. The second-order valence-corrected chi connectivity index (χ2v) is 5.98. The molecule has 0 aromatic heterocycles. The molecule has 1 aliphatic rings. The third-order valence-corrected chi connectivity index (χ3v) is 4.34. The SMILES string of the molecule is CCC1(C(=O)N(Cc2ccccc2)C(C)C)CCCN1. The first-order valence-corrected chi connectivity index (χ1v) is 7.69. The molecule has 1 unspecified atom stereocenters. The van der Waals surface area contributed by atoms with Gasteiger partial charge in [-0.15, -0.1) is 0 Å². The van der Waals surface area contributed by atoms with Gasteiger partial charge in [0, 0.05) is 12.6 Å². The molecule has 20 heavy (non-hydrogen) atoms. The van der Waals surface area contributed by atoms with Crippen LogP contribution in [0, 0.1) is 0 Å². The molecule has 1 amide bonds. The van der Waals surface area contributed by atoms with E-state index in [9.17, 15) is 4.79 Å². The zero-order chi connectivity index (χ0) is 14.6. The standard InChI is InChI=1S/C17H26N2O/c1-4-17(11-8-12-18-17)16(20)19(14(2)3)13-15-9-6-5-7-10-15/h5-7,9-10,14,18H,4,8,11-13H2,1-3H3. The van der Waals surface area contributed by atoms with Crippen molar-refractivity contribution in [2.45, 2.75) is 58.2 Å². The maximum Gasteiger partial charge on any atom is 0.243 e. The van der Waals surface area contributed by atoms with E-state index in [1.165, 1.54) is 5.56 Å². The molecule has 1 aromatic rings. The lowest BCUT2D eigenvalue weighted by Crippen LogP contribution is -2.56. The highest BCUT2D eigenvalue weighted by Gasteiger charge is 2.42. The Morgan fingerprint density at radius 2 is 2.05 bits per heavy atom. The molecular formula is C17H26N2O. The lowest BCUT2D eigenvalue weighted by atomic mass is 9.91. The first-order valence-electron chi connectivity index (χ1n) is 7.69. The van der Waals surface area contributed by atoms with Crippen molar-refractivity contribution in [2.24, 2.45) is 0 Å². The summed E-state index contributed by atoms with van der Waals surface area (Å²) in [5, 5.41) is 3.45. The Hall–Kier alpha value is -1.35. The second kappa shape index (κ2) is 6.40. The van der Waals surface area contributed by atoms with Gasteiger partial charge in [-0.1, -0.05) is 37.3 Å². The summed E-state index contributed by atoms with van der Waals surface area (Å²) in [6.07, 6.45) is 2.92. The normalized spacial score (nSPS) is 22.2. The van der Waals surface area contributed by atoms with Gasteiger partial charge in [0.1, 0.15) is 0 Å². The lowest BCUT2D eigenvalue weighted by Gasteiger charge is -2.36. The van der Waals surface area contributed by atoms with E-state index in [0.29, 0.717) is 6.54 Å². The van der Waals surface area contributed by atoms with E-state index in [2.05, 4.69) is 38.2 Å². The molecule has 0 bridgehead atoms. The fourth-order valence-electron chi connectivity index (χ4n) is 2.99. The van der Waals surface area contributed by atoms with Gasteiger partial charge in [-0.05, 0) is 45.2 Å². The summed E-state index contributed by atoms with van der Waals surface area (Å²) in [4.78, 5) is 15.0.